The van der Waals surface area contributed by atoms with Crippen LogP contribution in [-0.2, 0) is 4.84 Å². The van der Waals surface area contributed by atoms with E-state index in [-0.39, 0.29) is 18.0 Å². The molecule has 2 rings (SSSR count). The zero-order valence-corrected chi connectivity index (χ0v) is 14.2. The average molecular weight is 344 g/mol. The third-order valence-electron chi connectivity index (χ3n) is 3.25. The number of hydrogen-bond acceptors (Lipinski definition) is 6. The fraction of sp³-hybridized carbons (Fsp3) is 0.429. The summed E-state index contributed by atoms with van der Waals surface area (Å²) >= 11 is 12.5. The number of aliphatic imine (C=N–C) groups is 2. The van der Waals surface area contributed by atoms with Gasteiger partial charge in [-0.2, -0.15) is 10.1 Å². The highest BCUT2D eigenvalue weighted by atomic mass is 35.5. The first-order chi connectivity index (χ1) is 10.3. The minimum atomic E-state index is -0.781. The van der Waals surface area contributed by atoms with Gasteiger partial charge in [-0.1, -0.05) is 36.2 Å². The zero-order chi connectivity index (χ0) is 16.5. The number of hydroxylamine groups is 2. The number of guanidine groups is 2. The molecule has 0 saturated carbocycles. The molecule has 0 aliphatic carbocycles. The van der Waals surface area contributed by atoms with Gasteiger partial charge in [-0.15, -0.1) is 0 Å². The summed E-state index contributed by atoms with van der Waals surface area (Å²) in [5.41, 5.74) is 11.5. The molecule has 0 saturated heterocycles. The Kier molecular flexibility index (Phi) is 4.84. The molecule has 1 aliphatic rings. The molecule has 0 radical (unpaired) electrons. The lowest BCUT2D eigenvalue weighted by Crippen LogP contribution is -2.54. The van der Waals surface area contributed by atoms with Crippen molar-refractivity contribution in [1.82, 2.24) is 5.06 Å². The first kappa shape index (κ1) is 16.9. The third kappa shape index (κ3) is 3.29. The fourth-order valence-electron chi connectivity index (χ4n) is 2.25. The van der Waals surface area contributed by atoms with Gasteiger partial charge < -0.3 is 11.5 Å². The van der Waals surface area contributed by atoms with E-state index < -0.39 is 5.66 Å². The molecule has 8 heteroatoms. The molecule has 1 aromatic rings. The summed E-state index contributed by atoms with van der Waals surface area (Å²) in [5.74, 6) is 0.255. The highest BCUT2D eigenvalue weighted by molar-refractivity contribution is 6.36. The second-order valence-corrected chi connectivity index (χ2v) is 6.18. The summed E-state index contributed by atoms with van der Waals surface area (Å²) in [6, 6.07) is 5.32. The molecule has 0 fully saturated rings. The highest BCUT2D eigenvalue weighted by Gasteiger charge is 2.35. The van der Waals surface area contributed by atoms with Crippen molar-refractivity contribution in [2.45, 2.75) is 39.0 Å². The maximum Gasteiger partial charge on any atom is 0.226 e. The Morgan fingerprint density at radius 3 is 2.36 bits per heavy atom. The van der Waals surface area contributed by atoms with Gasteiger partial charge in [0.2, 0.25) is 11.9 Å². The van der Waals surface area contributed by atoms with Crippen LogP contribution in [-0.4, -0.2) is 22.6 Å². The van der Waals surface area contributed by atoms with Crippen molar-refractivity contribution in [3.63, 3.8) is 0 Å². The van der Waals surface area contributed by atoms with Crippen molar-refractivity contribution < 1.29 is 4.84 Å². The minimum absolute atomic E-state index is 0.117. The second kappa shape index (κ2) is 6.32. The predicted octanol–water partition coefficient (Wildman–Crippen LogP) is 3.06. The van der Waals surface area contributed by atoms with Crippen molar-refractivity contribution in [3.05, 3.63) is 33.8 Å². The van der Waals surface area contributed by atoms with E-state index in [9.17, 15) is 0 Å². The SMILES string of the molecule is CCC(ON1C(N)=NC(N)=NC1(C)C)c1c(Cl)cccc1Cl. The molecular weight excluding hydrogens is 325 g/mol. The van der Waals surface area contributed by atoms with Gasteiger partial charge in [-0.3, -0.25) is 4.84 Å². The van der Waals surface area contributed by atoms with Crippen LogP contribution < -0.4 is 11.5 Å². The van der Waals surface area contributed by atoms with Gasteiger partial charge in [-0.05, 0) is 32.4 Å². The van der Waals surface area contributed by atoms with Crippen molar-refractivity contribution in [2.24, 2.45) is 21.5 Å². The molecule has 120 valence electrons. The minimum Gasteiger partial charge on any atom is -0.368 e. The van der Waals surface area contributed by atoms with E-state index in [4.69, 9.17) is 39.5 Å². The lowest BCUT2D eigenvalue weighted by molar-refractivity contribution is -0.197. The van der Waals surface area contributed by atoms with Gasteiger partial charge >= 0.3 is 0 Å². The molecule has 0 bridgehead atoms. The summed E-state index contributed by atoms with van der Waals surface area (Å²) in [6.07, 6.45) is 0.256. The second-order valence-electron chi connectivity index (χ2n) is 5.37. The quantitative estimate of drug-likeness (QED) is 0.878. The molecule has 1 atom stereocenters. The highest BCUT2D eigenvalue weighted by Crippen LogP contribution is 2.36. The first-order valence-corrected chi connectivity index (χ1v) is 7.62. The monoisotopic (exact) mass is 343 g/mol. The fourth-order valence-corrected chi connectivity index (χ4v) is 2.89. The van der Waals surface area contributed by atoms with Crippen LogP contribution in [0.5, 0.6) is 0 Å². The van der Waals surface area contributed by atoms with Crippen molar-refractivity contribution in [1.29, 1.82) is 0 Å². The van der Waals surface area contributed by atoms with Crippen LogP contribution in [0.25, 0.3) is 0 Å². The van der Waals surface area contributed by atoms with Gasteiger partial charge in [0.05, 0.1) is 0 Å². The van der Waals surface area contributed by atoms with E-state index in [1.807, 2.05) is 20.8 Å². The summed E-state index contributed by atoms with van der Waals surface area (Å²) in [7, 11) is 0. The van der Waals surface area contributed by atoms with Crippen LogP contribution in [0.2, 0.25) is 10.0 Å². The van der Waals surface area contributed by atoms with Gasteiger partial charge in [0.1, 0.15) is 6.10 Å². The predicted molar refractivity (Wildman–Crippen MR) is 89.7 cm³/mol. The average Bonchev–Trinajstić information content (AvgIpc) is 2.39. The van der Waals surface area contributed by atoms with E-state index >= 15 is 0 Å². The Morgan fingerprint density at radius 2 is 1.86 bits per heavy atom. The normalized spacial score (nSPS) is 18.7. The van der Waals surface area contributed by atoms with Crippen LogP contribution in [0.3, 0.4) is 0 Å². The van der Waals surface area contributed by atoms with Crippen LogP contribution in [0, 0.1) is 0 Å². The molecular formula is C14H19Cl2N5O. The number of hydrogen-bond donors (Lipinski definition) is 2. The van der Waals surface area contributed by atoms with Crippen LogP contribution in [0.1, 0.15) is 38.9 Å². The first-order valence-electron chi connectivity index (χ1n) is 6.86. The molecule has 1 heterocycles. The maximum absolute atomic E-state index is 6.26. The number of nitrogens with zero attached hydrogens (tertiary/aromatic N) is 3. The smallest absolute Gasteiger partial charge is 0.226 e. The molecule has 4 N–H and O–H groups in total. The van der Waals surface area contributed by atoms with Crippen LogP contribution in [0.15, 0.2) is 28.2 Å². The van der Waals surface area contributed by atoms with Gasteiger partial charge in [0, 0.05) is 15.6 Å². The molecule has 6 nitrogen and oxygen atoms in total. The topological polar surface area (TPSA) is 89.2 Å². The summed E-state index contributed by atoms with van der Waals surface area (Å²) in [4.78, 5) is 14.2. The van der Waals surface area contributed by atoms with Crippen LogP contribution >= 0.6 is 23.2 Å². The number of halogens is 2. The molecule has 0 spiro atoms. The van der Waals surface area contributed by atoms with Crippen molar-refractivity contribution >= 4 is 35.1 Å². The number of benzene rings is 1. The number of rotatable bonds is 4. The largest absolute Gasteiger partial charge is 0.368 e. The molecule has 0 amide bonds. The lowest BCUT2D eigenvalue weighted by Gasteiger charge is -2.39. The van der Waals surface area contributed by atoms with E-state index in [0.717, 1.165) is 0 Å². The standard InChI is InChI=1S/C14H19Cl2N5O/c1-4-10(11-8(15)6-5-7-9(11)16)22-21-13(18)19-12(17)20-14(21,2)3/h5-7,10H,4H2,1-3H3,(H4,17,18,19,20). The molecule has 1 aliphatic heterocycles. The Bertz CT molecular complexity index is 609. The molecule has 1 aromatic carbocycles. The van der Waals surface area contributed by atoms with Crippen LogP contribution in [0.4, 0.5) is 0 Å². The Morgan fingerprint density at radius 1 is 1.27 bits per heavy atom. The van der Waals surface area contributed by atoms with Gasteiger partial charge in [-0.25, -0.2) is 4.99 Å². The van der Waals surface area contributed by atoms with E-state index in [1.165, 1.54) is 5.06 Å². The van der Waals surface area contributed by atoms with E-state index in [0.29, 0.717) is 22.0 Å². The number of nitrogens with two attached hydrogens (primary N) is 2. The van der Waals surface area contributed by atoms with Crippen molar-refractivity contribution in [3.8, 4) is 0 Å². The van der Waals surface area contributed by atoms with Crippen molar-refractivity contribution in [2.75, 3.05) is 0 Å². The molecule has 22 heavy (non-hydrogen) atoms. The lowest BCUT2D eigenvalue weighted by atomic mass is 10.1. The summed E-state index contributed by atoms with van der Waals surface area (Å²) in [6.45, 7) is 5.61. The van der Waals surface area contributed by atoms with Gasteiger partial charge in [0.15, 0.2) is 5.66 Å². The van der Waals surface area contributed by atoms with E-state index in [1.54, 1.807) is 18.2 Å². The van der Waals surface area contributed by atoms with E-state index in [2.05, 4.69) is 9.98 Å². The summed E-state index contributed by atoms with van der Waals surface area (Å²) in [5, 5.41) is 2.50. The third-order valence-corrected chi connectivity index (χ3v) is 3.91. The Balaban J connectivity index is 2.33. The maximum atomic E-state index is 6.26. The molecule has 0 aromatic heterocycles. The zero-order valence-electron chi connectivity index (χ0n) is 12.7. The molecule has 1 unspecified atom stereocenters. The van der Waals surface area contributed by atoms with Gasteiger partial charge in [0.25, 0.3) is 0 Å². The Labute approximate surface area is 139 Å². The summed E-state index contributed by atoms with van der Waals surface area (Å²) < 4.78 is 0. The Hall–Kier alpha value is -1.50.